The molecule has 0 radical (unpaired) electrons. The van der Waals surface area contributed by atoms with Gasteiger partial charge in [0.25, 0.3) is 15.9 Å². The molecule has 0 unspecified atom stereocenters. The zero-order valence-corrected chi connectivity index (χ0v) is 22.8. The third kappa shape index (κ3) is 4.93. The van der Waals surface area contributed by atoms with E-state index in [1.165, 1.54) is 12.4 Å². The first-order valence-electron chi connectivity index (χ1n) is 13.2. The molecule has 3 atom stereocenters. The van der Waals surface area contributed by atoms with E-state index >= 15 is 0 Å². The summed E-state index contributed by atoms with van der Waals surface area (Å²) in [6.45, 7) is 4.03. The second-order valence-corrected chi connectivity index (χ2v) is 12.7. The topological polar surface area (TPSA) is 177 Å². The highest BCUT2D eigenvalue weighted by Gasteiger charge is 2.38. The number of aliphatic hydroxyl groups is 2. The van der Waals surface area contributed by atoms with Crippen LogP contribution in [0.15, 0.2) is 43.1 Å². The van der Waals surface area contributed by atoms with Gasteiger partial charge >= 0.3 is 0 Å². The third-order valence-corrected chi connectivity index (χ3v) is 9.32. The molecule has 2 aliphatic carbocycles. The lowest BCUT2D eigenvalue weighted by atomic mass is 10.1. The molecule has 210 valence electrons. The molecule has 6 rings (SSSR count). The average Bonchev–Trinajstić information content (AvgIpc) is 3.40. The molecule has 0 spiro atoms. The zero-order valence-electron chi connectivity index (χ0n) is 22.0. The summed E-state index contributed by atoms with van der Waals surface area (Å²) in [6, 6.07) is 3.25. The summed E-state index contributed by atoms with van der Waals surface area (Å²) in [4.78, 5) is 26.4. The Bertz CT molecular complexity index is 1680. The maximum absolute atomic E-state index is 13.1. The summed E-state index contributed by atoms with van der Waals surface area (Å²) in [7, 11) is -3.49. The van der Waals surface area contributed by atoms with Crippen LogP contribution in [0.1, 0.15) is 55.9 Å². The Labute approximate surface area is 230 Å². The monoisotopic (exact) mass is 566 g/mol. The predicted molar refractivity (Wildman–Crippen MR) is 146 cm³/mol. The van der Waals surface area contributed by atoms with Gasteiger partial charge in [0, 0.05) is 42.1 Å². The van der Waals surface area contributed by atoms with Crippen LogP contribution in [-0.2, 0) is 10.0 Å². The number of amides is 1. The van der Waals surface area contributed by atoms with Crippen LogP contribution in [0.2, 0.25) is 0 Å². The Morgan fingerprint density at radius 1 is 1.07 bits per heavy atom. The quantitative estimate of drug-likeness (QED) is 0.246. The lowest BCUT2D eigenvalue weighted by Crippen LogP contribution is -2.33. The molecule has 0 bridgehead atoms. The number of aliphatic hydroxyl groups excluding tert-OH is 2. The highest BCUT2D eigenvalue weighted by atomic mass is 32.2. The van der Waals surface area contributed by atoms with Gasteiger partial charge in [-0.2, -0.15) is 9.19 Å². The zero-order chi connectivity index (χ0) is 28.2. The van der Waals surface area contributed by atoms with Crippen molar-refractivity contribution in [3.05, 3.63) is 48.7 Å². The van der Waals surface area contributed by atoms with Crippen molar-refractivity contribution in [1.82, 2.24) is 34.0 Å². The molecular weight excluding hydrogens is 536 g/mol. The van der Waals surface area contributed by atoms with Gasteiger partial charge in [0.05, 0.1) is 46.5 Å². The highest BCUT2D eigenvalue weighted by Crippen LogP contribution is 2.31. The Kier molecular flexibility index (Phi) is 6.55. The molecule has 2 aliphatic rings. The molecule has 1 amide bonds. The van der Waals surface area contributed by atoms with E-state index in [9.17, 15) is 23.4 Å². The molecule has 4 N–H and O–H groups in total. The molecular formula is C26H30N8O5S. The smallest absolute Gasteiger partial charge is 0.256 e. The van der Waals surface area contributed by atoms with Gasteiger partial charge in [-0.3, -0.25) is 4.79 Å². The number of nitrogens with zero attached hydrogens (tertiary/aromatic N) is 6. The summed E-state index contributed by atoms with van der Waals surface area (Å²) in [6.07, 6.45) is 8.04. The van der Waals surface area contributed by atoms with Crippen LogP contribution >= 0.6 is 0 Å². The van der Waals surface area contributed by atoms with Crippen molar-refractivity contribution < 1.29 is 23.4 Å². The average molecular weight is 567 g/mol. The molecule has 4 heterocycles. The van der Waals surface area contributed by atoms with Crippen LogP contribution in [0.4, 0.5) is 11.6 Å². The number of fused-ring (bicyclic) bond motifs is 1. The van der Waals surface area contributed by atoms with Crippen molar-refractivity contribution >= 4 is 38.5 Å². The van der Waals surface area contributed by atoms with E-state index in [-0.39, 0.29) is 23.2 Å². The summed E-state index contributed by atoms with van der Waals surface area (Å²) >= 11 is 0. The van der Waals surface area contributed by atoms with Crippen molar-refractivity contribution in [1.29, 1.82) is 0 Å². The van der Waals surface area contributed by atoms with Gasteiger partial charge in [0.1, 0.15) is 11.6 Å². The van der Waals surface area contributed by atoms with E-state index in [2.05, 4.69) is 30.7 Å². The standard InChI is InChI=1S/C26H30N8O5S/c1-14(2)33-13-19(26(37)30-16-7-21(35)22(36)8-16)18-11-28-24(9-20(18)33)31-23-5-6-27-25(32-23)15-10-29-34(12-15)40(38,39)17-3-4-17/h5-6,9-14,16-17,21-22,35-36H,3-4,7-8H2,1-2H3,(H,30,37)(H,27,28,31,32)/t16-,21+,22-. The van der Waals surface area contributed by atoms with Gasteiger partial charge in [-0.15, -0.1) is 0 Å². The normalized spacial score (nSPS) is 21.3. The van der Waals surface area contributed by atoms with E-state index in [4.69, 9.17) is 0 Å². The molecule has 14 heteroatoms. The Morgan fingerprint density at radius 3 is 2.52 bits per heavy atom. The predicted octanol–water partition coefficient (Wildman–Crippen LogP) is 1.97. The lowest BCUT2D eigenvalue weighted by Gasteiger charge is -2.11. The van der Waals surface area contributed by atoms with Crippen LogP contribution in [0.3, 0.4) is 0 Å². The number of rotatable bonds is 8. The van der Waals surface area contributed by atoms with Crippen LogP contribution in [0, 0.1) is 0 Å². The summed E-state index contributed by atoms with van der Waals surface area (Å²) < 4.78 is 27.9. The number of aromatic nitrogens is 6. The number of carbonyl (C=O) groups excluding carboxylic acids is 1. The first-order valence-corrected chi connectivity index (χ1v) is 14.7. The van der Waals surface area contributed by atoms with Crippen molar-refractivity contribution in [3.8, 4) is 11.4 Å². The number of anilines is 2. The molecule has 0 aliphatic heterocycles. The highest BCUT2D eigenvalue weighted by molar-refractivity contribution is 7.90. The molecule has 13 nitrogen and oxygen atoms in total. The molecule has 0 aromatic carbocycles. The molecule has 2 fully saturated rings. The van der Waals surface area contributed by atoms with Crippen LogP contribution in [0.5, 0.6) is 0 Å². The fraction of sp³-hybridized carbons (Fsp3) is 0.423. The van der Waals surface area contributed by atoms with E-state index in [1.54, 1.807) is 24.7 Å². The number of pyridine rings is 1. The van der Waals surface area contributed by atoms with E-state index in [1.807, 2.05) is 24.5 Å². The first-order chi connectivity index (χ1) is 19.1. The minimum Gasteiger partial charge on any atom is -0.390 e. The summed E-state index contributed by atoms with van der Waals surface area (Å²) in [5.41, 5.74) is 1.73. The Hall–Kier alpha value is -3.88. The van der Waals surface area contributed by atoms with Crippen LogP contribution < -0.4 is 10.6 Å². The molecule has 0 saturated heterocycles. The first kappa shape index (κ1) is 26.3. The van der Waals surface area contributed by atoms with Gasteiger partial charge in [0.15, 0.2) is 5.82 Å². The summed E-state index contributed by atoms with van der Waals surface area (Å²) in [5.74, 6) is 0.977. The fourth-order valence-corrected chi connectivity index (χ4v) is 6.45. The van der Waals surface area contributed by atoms with E-state index in [0.29, 0.717) is 59.7 Å². The Balaban J connectivity index is 1.24. The van der Waals surface area contributed by atoms with Crippen LogP contribution in [0.25, 0.3) is 22.3 Å². The molecule has 40 heavy (non-hydrogen) atoms. The number of carbonyl (C=O) groups is 1. The second kappa shape index (κ2) is 9.94. The molecule has 4 aromatic rings. The number of hydrogen-bond donors (Lipinski definition) is 4. The minimum absolute atomic E-state index is 0.0588. The SMILES string of the molecule is CC(C)n1cc(C(=O)N[C@H]2C[C@@H](O)[C@@H](O)C2)c2cnc(Nc3ccnc(-c4cnn(S(=O)(=O)C5CC5)c4)n3)cc21. The van der Waals surface area contributed by atoms with Crippen molar-refractivity contribution in [2.45, 2.75) is 69.1 Å². The van der Waals surface area contributed by atoms with Gasteiger partial charge in [-0.1, -0.05) is 0 Å². The van der Waals surface area contributed by atoms with Crippen molar-refractivity contribution in [2.24, 2.45) is 0 Å². The van der Waals surface area contributed by atoms with Gasteiger partial charge in [-0.05, 0) is 45.6 Å². The van der Waals surface area contributed by atoms with Crippen molar-refractivity contribution in [2.75, 3.05) is 5.32 Å². The second-order valence-electron chi connectivity index (χ2n) is 10.6. The largest absolute Gasteiger partial charge is 0.390 e. The maximum Gasteiger partial charge on any atom is 0.256 e. The van der Waals surface area contributed by atoms with E-state index < -0.39 is 22.2 Å². The van der Waals surface area contributed by atoms with Crippen LogP contribution in [-0.4, -0.2) is 76.7 Å². The number of nitrogens with one attached hydrogen (secondary N) is 2. The maximum atomic E-state index is 13.1. The van der Waals surface area contributed by atoms with Gasteiger partial charge in [-0.25, -0.2) is 23.4 Å². The number of hydrogen-bond acceptors (Lipinski definition) is 10. The Morgan fingerprint density at radius 2 is 1.82 bits per heavy atom. The van der Waals surface area contributed by atoms with E-state index in [0.717, 1.165) is 9.60 Å². The fourth-order valence-electron chi connectivity index (χ4n) is 4.97. The lowest BCUT2D eigenvalue weighted by molar-refractivity contribution is 0.0438. The molecule has 2 saturated carbocycles. The van der Waals surface area contributed by atoms with Gasteiger partial charge in [0.2, 0.25) is 0 Å². The van der Waals surface area contributed by atoms with Crippen molar-refractivity contribution in [3.63, 3.8) is 0 Å². The molecule has 4 aromatic heterocycles. The summed E-state index contributed by atoms with van der Waals surface area (Å²) in [5, 5.41) is 30.0. The third-order valence-electron chi connectivity index (χ3n) is 7.29. The minimum atomic E-state index is -3.49. The van der Waals surface area contributed by atoms with Gasteiger partial charge < -0.3 is 25.4 Å².